The summed E-state index contributed by atoms with van der Waals surface area (Å²) in [7, 11) is 1.75. The standard InChI is InChI=1S/C18H29N3O2/c1-17(2,3)16(23)20-14-10-8-7-9-13(14)15(22)21(6)12-18(4,5)11-19/h7-10H,11-12,19H2,1-6H3,(H,20,23). The first-order valence-electron chi connectivity index (χ1n) is 7.84. The Hall–Kier alpha value is -1.88. The molecule has 0 saturated carbocycles. The van der Waals surface area contributed by atoms with E-state index in [-0.39, 0.29) is 17.2 Å². The first-order chi connectivity index (χ1) is 10.5. The number of nitrogens with one attached hydrogen (secondary N) is 1. The van der Waals surface area contributed by atoms with Gasteiger partial charge in [-0.1, -0.05) is 46.8 Å². The molecule has 5 heteroatoms. The van der Waals surface area contributed by atoms with Crippen molar-refractivity contribution in [3.8, 4) is 0 Å². The summed E-state index contributed by atoms with van der Waals surface area (Å²) in [5, 5.41) is 2.85. The van der Waals surface area contributed by atoms with Gasteiger partial charge in [0.05, 0.1) is 11.3 Å². The molecule has 0 aromatic heterocycles. The van der Waals surface area contributed by atoms with Crippen molar-refractivity contribution in [1.82, 2.24) is 4.90 Å². The molecule has 0 saturated heterocycles. The Bertz CT molecular complexity index is 574. The minimum Gasteiger partial charge on any atom is -0.341 e. The lowest BCUT2D eigenvalue weighted by atomic mass is 9.93. The van der Waals surface area contributed by atoms with Gasteiger partial charge in [-0.05, 0) is 24.1 Å². The zero-order valence-electron chi connectivity index (χ0n) is 15.1. The summed E-state index contributed by atoms with van der Waals surface area (Å²) in [4.78, 5) is 26.6. The van der Waals surface area contributed by atoms with Crippen molar-refractivity contribution < 1.29 is 9.59 Å². The van der Waals surface area contributed by atoms with E-state index in [1.807, 2.05) is 34.6 Å². The highest BCUT2D eigenvalue weighted by Gasteiger charge is 2.26. The normalized spacial score (nSPS) is 12.0. The van der Waals surface area contributed by atoms with E-state index in [4.69, 9.17) is 5.73 Å². The SMILES string of the molecule is CN(CC(C)(C)CN)C(=O)c1ccccc1NC(=O)C(C)(C)C. The molecule has 0 aliphatic carbocycles. The van der Waals surface area contributed by atoms with Crippen LogP contribution in [0.4, 0.5) is 5.69 Å². The third-order valence-corrected chi connectivity index (χ3v) is 3.65. The lowest BCUT2D eigenvalue weighted by Crippen LogP contribution is -2.40. The molecule has 5 nitrogen and oxygen atoms in total. The highest BCUT2D eigenvalue weighted by molar-refractivity contribution is 6.04. The third kappa shape index (κ3) is 5.36. The first-order valence-corrected chi connectivity index (χ1v) is 7.84. The molecule has 0 radical (unpaired) electrons. The van der Waals surface area contributed by atoms with Gasteiger partial charge in [0.1, 0.15) is 0 Å². The maximum atomic E-state index is 12.7. The van der Waals surface area contributed by atoms with E-state index in [1.165, 1.54) is 0 Å². The maximum Gasteiger partial charge on any atom is 0.255 e. The van der Waals surface area contributed by atoms with Gasteiger partial charge in [-0.2, -0.15) is 0 Å². The number of para-hydroxylation sites is 1. The quantitative estimate of drug-likeness (QED) is 0.876. The number of carbonyl (C=O) groups is 2. The van der Waals surface area contributed by atoms with Crippen LogP contribution >= 0.6 is 0 Å². The number of benzene rings is 1. The molecule has 0 spiro atoms. The summed E-state index contributed by atoms with van der Waals surface area (Å²) >= 11 is 0. The third-order valence-electron chi connectivity index (χ3n) is 3.65. The summed E-state index contributed by atoms with van der Waals surface area (Å²) in [5.74, 6) is -0.251. The summed E-state index contributed by atoms with van der Waals surface area (Å²) in [6.07, 6.45) is 0. The number of anilines is 1. The van der Waals surface area contributed by atoms with Crippen LogP contribution < -0.4 is 11.1 Å². The minimum absolute atomic E-state index is 0.123. The Morgan fingerprint density at radius 2 is 1.70 bits per heavy atom. The van der Waals surface area contributed by atoms with Crippen LogP contribution in [0.15, 0.2) is 24.3 Å². The largest absolute Gasteiger partial charge is 0.341 e. The van der Waals surface area contributed by atoms with Crippen LogP contribution in [0.2, 0.25) is 0 Å². The Balaban J connectivity index is 3.00. The summed E-state index contributed by atoms with van der Waals surface area (Å²) < 4.78 is 0. The lowest BCUT2D eigenvalue weighted by molar-refractivity contribution is -0.123. The van der Waals surface area contributed by atoms with Crippen LogP contribution in [0.25, 0.3) is 0 Å². The number of carbonyl (C=O) groups excluding carboxylic acids is 2. The number of nitrogens with two attached hydrogens (primary N) is 1. The molecule has 1 aromatic rings. The minimum atomic E-state index is -0.524. The van der Waals surface area contributed by atoms with Crippen molar-refractivity contribution in [3.05, 3.63) is 29.8 Å². The number of nitrogens with zero attached hydrogens (tertiary/aromatic N) is 1. The van der Waals surface area contributed by atoms with Gasteiger partial charge in [0.15, 0.2) is 0 Å². The predicted molar refractivity (Wildman–Crippen MR) is 94.3 cm³/mol. The first kappa shape index (κ1) is 19.2. The van der Waals surface area contributed by atoms with Crippen LogP contribution in [0.5, 0.6) is 0 Å². The average Bonchev–Trinajstić information content (AvgIpc) is 2.45. The molecule has 0 aliphatic rings. The summed E-state index contributed by atoms with van der Waals surface area (Å²) in [6, 6.07) is 7.08. The van der Waals surface area contributed by atoms with Gasteiger partial charge in [0.25, 0.3) is 5.91 Å². The van der Waals surface area contributed by atoms with E-state index in [0.29, 0.717) is 24.3 Å². The maximum absolute atomic E-state index is 12.7. The fraction of sp³-hybridized carbons (Fsp3) is 0.556. The van der Waals surface area contributed by atoms with Gasteiger partial charge in [-0.3, -0.25) is 9.59 Å². The molecule has 128 valence electrons. The van der Waals surface area contributed by atoms with Gasteiger partial charge in [0, 0.05) is 19.0 Å². The Kier molecular flexibility index (Phi) is 5.94. The molecule has 0 fully saturated rings. The topological polar surface area (TPSA) is 75.4 Å². The van der Waals surface area contributed by atoms with E-state index >= 15 is 0 Å². The van der Waals surface area contributed by atoms with Gasteiger partial charge >= 0.3 is 0 Å². The van der Waals surface area contributed by atoms with Gasteiger partial charge in [-0.25, -0.2) is 0 Å². The van der Waals surface area contributed by atoms with Crippen molar-refractivity contribution >= 4 is 17.5 Å². The number of rotatable bonds is 5. The molecule has 0 atom stereocenters. The average molecular weight is 319 g/mol. The molecular formula is C18H29N3O2. The van der Waals surface area contributed by atoms with E-state index in [9.17, 15) is 9.59 Å². The predicted octanol–water partition coefficient (Wildman–Crippen LogP) is 2.73. The van der Waals surface area contributed by atoms with Crippen LogP contribution in [-0.2, 0) is 4.79 Å². The Morgan fingerprint density at radius 1 is 1.13 bits per heavy atom. The second-order valence-electron chi connectivity index (χ2n) is 7.78. The molecule has 0 aliphatic heterocycles. The van der Waals surface area contributed by atoms with Crippen molar-refractivity contribution in [2.75, 3.05) is 25.5 Å². The zero-order valence-corrected chi connectivity index (χ0v) is 15.1. The van der Waals surface area contributed by atoms with Crippen molar-refractivity contribution in [2.24, 2.45) is 16.6 Å². The monoisotopic (exact) mass is 319 g/mol. The summed E-state index contributed by atoms with van der Waals surface area (Å²) in [6.45, 7) is 10.6. The van der Waals surface area contributed by atoms with Gasteiger partial charge in [0.2, 0.25) is 5.91 Å². The van der Waals surface area contributed by atoms with E-state index in [1.54, 1.807) is 36.2 Å². The molecule has 3 N–H and O–H groups in total. The smallest absolute Gasteiger partial charge is 0.255 e. The molecular weight excluding hydrogens is 290 g/mol. The second-order valence-corrected chi connectivity index (χ2v) is 7.78. The van der Waals surface area contributed by atoms with Crippen LogP contribution in [0, 0.1) is 10.8 Å². The van der Waals surface area contributed by atoms with Crippen molar-refractivity contribution in [1.29, 1.82) is 0 Å². The van der Waals surface area contributed by atoms with Crippen molar-refractivity contribution in [3.63, 3.8) is 0 Å². The molecule has 1 rings (SSSR count). The van der Waals surface area contributed by atoms with Crippen LogP contribution in [-0.4, -0.2) is 36.9 Å². The molecule has 0 unspecified atom stereocenters. The van der Waals surface area contributed by atoms with E-state index < -0.39 is 5.41 Å². The van der Waals surface area contributed by atoms with E-state index in [0.717, 1.165) is 0 Å². The molecule has 23 heavy (non-hydrogen) atoms. The van der Waals surface area contributed by atoms with Gasteiger partial charge < -0.3 is 16.0 Å². The Labute approximate surface area is 139 Å². The molecule has 1 aromatic carbocycles. The zero-order chi connectivity index (χ0) is 17.8. The number of hydrogen-bond acceptors (Lipinski definition) is 3. The lowest BCUT2D eigenvalue weighted by Gasteiger charge is -2.29. The van der Waals surface area contributed by atoms with Gasteiger partial charge in [-0.15, -0.1) is 0 Å². The molecule has 2 amide bonds. The Morgan fingerprint density at radius 3 is 2.22 bits per heavy atom. The fourth-order valence-corrected chi connectivity index (χ4v) is 2.07. The highest BCUT2D eigenvalue weighted by Crippen LogP contribution is 2.23. The number of amides is 2. The van der Waals surface area contributed by atoms with Crippen molar-refractivity contribution in [2.45, 2.75) is 34.6 Å². The number of hydrogen-bond donors (Lipinski definition) is 2. The second kappa shape index (κ2) is 7.13. The fourth-order valence-electron chi connectivity index (χ4n) is 2.07. The summed E-state index contributed by atoms with van der Waals surface area (Å²) in [5.41, 5.74) is 6.08. The van der Waals surface area contributed by atoms with E-state index in [2.05, 4.69) is 5.32 Å². The molecule has 0 heterocycles. The van der Waals surface area contributed by atoms with Crippen LogP contribution in [0.3, 0.4) is 0 Å². The van der Waals surface area contributed by atoms with Crippen LogP contribution in [0.1, 0.15) is 45.0 Å². The molecule has 0 bridgehead atoms. The highest BCUT2D eigenvalue weighted by atomic mass is 16.2.